The van der Waals surface area contributed by atoms with Crippen LogP contribution in [0.4, 0.5) is 9.18 Å². The van der Waals surface area contributed by atoms with Gasteiger partial charge in [-0.1, -0.05) is 12.1 Å². The van der Waals surface area contributed by atoms with Crippen LogP contribution in [0, 0.1) is 16.3 Å². The highest BCUT2D eigenvalue weighted by Gasteiger charge is 2.28. The summed E-state index contributed by atoms with van der Waals surface area (Å²) in [6.45, 7) is 3.26. The summed E-state index contributed by atoms with van der Waals surface area (Å²) in [6, 6.07) is 8.99. The average molecular weight is 565 g/mol. The molecule has 1 aliphatic heterocycles. The van der Waals surface area contributed by atoms with Gasteiger partial charge in [0.2, 0.25) is 0 Å². The Bertz CT molecular complexity index is 1200. The molecule has 0 spiro atoms. The number of hydrogen-bond donors (Lipinski definition) is 2. The van der Waals surface area contributed by atoms with Gasteiger partial charge in [-0.15, -0.1) is 0 Å². The smallest absolute Gasteiger partial charge is 0.409 e. The van der Waals surface area contributed by atoms with E-state index < -0.39 is 5.82 Å². The lowest BCUT2D eigenvalue weighted by molar-refractivity contribution is -0.0235. The quantitative estimate of drug-likeness (QED) is 0.464. The Balaban J connectivity index is 1.79. The number of H-pyrrole nitrogens is 1. The molecule has 7 nitrogen and oxygen atoms in total. The van der Waals surface area contributed by atoms with Crippen LogP contribution in [-0.2, 0) is 15.9 Å². The highest BCUT2D eigenvalue weighted by atomic mass is 127. The molecular formula is C24H25FIN3O4. The summed E-state index contributed by atoms with van der Waals surface area (Å²) in [6.07, 6.45) is -0.162. The predicted molar refractivity (Wildman–Crippen MR) is 132 cm³/mol. The van der Waals surface area contributed by atoms with E-state index in [0.29, 0.717) is 40.9 Å². The number of carbonyl (C=O) groups excluding carboxylic acids is 2. The summed E-state index contributed by atoms with van der Waals surface area (Å²) in [5.41, 5.74) is 4.21. The summed E-state index contributed by atoms with van der Waals surface area (Å²) >= 11 is 2.06. The predicted octanol–water partition coefficient (Wildman–Crippen LogP) is 4.26. The summed E-state index contributed by atoms with van der Waals surface area (Å²) < 4.78 is 26.8. The van der Waals surface area contributed by atoms with Gasteiger partial charge in [0.25, 0.3) is 5.91 Å². The molecule has 1 aromatic heterocycles. The van der Waals surface area contributed by atoms with E-state index in [0.717, 1.165) is 22.0 Å². The summed E-state index contributed by atoms with van der Waals surface area (Å²) in [5.74, 6) is -0.824. The SMILES string of the molecule is CNC(=O)c1cc(F)c(-c2[nH]c3cc(C)ccc3c2C[C@H]2CN(C(=O)OC)CCO2)c(I)c1. The number of carbonyl (C=O) groups is 2. The Kier molecular flexibility index (Phi) is 6.89. The number of benzene rings is 2. The Labute approximate surface area is 204 Å². The maximum absolute atomic E-state index is 15.4. The van der Waals surface area contributed by atoms with E-state index in [2.05, 4.69) is 32.9 Å². The van der Waals surface area contributed by atoms with Crippen molar-refractivity contribution in [3.8, 4) is 11.3 Å². The topological polar surface area (TPSA) is 83.7 Å². The molecule has 3 aromatic rings. The molecule has 4 rings (SSSR count). The molecule has 1 saturated heterocycles. The highest BCUT2D eigenvalue weighted by molar-refractivity contribution is 14.1. The Morgan fingerprint density at radius 3 is 2.82 bits per heavy atom. The van der Waals surface area contributed by atoms with Crippen LogP contribution in [0.1, 0.15) is 21.5 Å². The second-order valence-electron chi connectivity index (χ2n) is 8.03. The maximum atomic E-state index is 15.4. The first-order valence-corrected chi connectivity index (χ1v) is 11.7. The van der Waals surface area contributed by atoms with Gasteiger partial charge < -0.3 is 24.7 Å². The molecule has 1 aliphatic rings. The van der Waals surface area contributed by atoms with Crippen molar-refractivity contribution in [2.45, 2.75) is 19.4 Å². The van der Waals surface area contributed by atoms with Crippen LogP contribution in [0.5, 0.6) is 0 Å². The van der Waals surface area contributed by atoms with E-state index in [-0.39, 0.29) is 23.7 Å². The summed E-state index contributed by atoms with van der Waals surface area (Å²) in [7, 11) is 2.88. The lowest BCUT2D eigenvalue weighted by Crippen LogP contribution is -2.46. The molecule has 2 N–H and O–H groups in total. The van der Waals surface area contributed by atoms with Crippen LogP contribution in [-0.4, -0.2) is 61.8 Å². The number of amides is 2. The fourth-order valence-corrected chi connectivity index (χ4v) is 5.11. The van der Waals surface area contributed by atoms with Crippen molar-refractivity contribution in [3.63, 3.8) is 0 Å². The van der Waals surface area contributed by atoms with Gasteiger partial charge in [-0.3, -0.25) is 4.79 Å². The van der Waals surface area contributed by atoms with Gasteiger partial charge in [0.1, 0.15) is 5.82 Å². The van der Waals surface area contributed by atoms with E-state index in [1.54, 1.807) is 11.0 Å². The van der Waals surface area contributed by atoms with Gasteiger partial charge in [-0.2, -0.15) is 0 Å². The number of nitrogens with zero attached hydrogens (tertiary/aromatic N) is 1. The fraction of sp³-hybridized carbons (Fsp3) is 0.333. The molecule has 2 amide bonds. The number of fused-ring (bicyclic) bond motifs is 1. The van der Waals surface area contributed by atoms with Crippen LogP contribution in [0.15, 0.2) is 30.3 Å². The third-order valence-corrected chi connectivity index (χ3v) is 6.70. The van der Waals surface area contributed by atoms with Gasteiger partial charge in [0, 0.05) is 45.6 Å². The number of rotatable bonds is 4. The number of morpholine rings is 1. The molecule has 1 atom stereocenters. The van der Waals surface area contributed by atoms with E-state index in [1.165, 1.54) is 20.2 Å². The minimum atomic E-state index is -0.481. The van der Waals surface area contributed by atoms with Gasteiger partial charge in [-0.05, 0) is 58.8 Å². The van der Waals surface area contributed by atoms with E-state index >= 15 is 4.39 Å². The number of halogens is 2. The Morgan fingerprint density at radius 2 is 2.12 bits per heavy atom. The normalized spacial score (nSPS) is 16.2. The van der Waals surface area contributed by atoms with Crippen molar-refractivity contribution in [1.82, 2.24) is 15.2 Å². The van der Waals surface area contributed by atoms with Crippen LogP contribution >= 0.6 is 22.6 Å². The van der Waals surface area contributed by atoms with Crippen LogP contribution in [0.25, 0.3) is 22.2 Å². The van der Waals surface area contributed by atoms with Crippen LogP contribution < -0.4 is 5.32 Å². The lowest BCUT2D eigenvalue weighted by Gasteiger charge is -2.32. The Hall–Kier alpha value is -2.66. The van der Waals surface area contributed by atoms with Crippen molar-refractivity contribution in [3.05, 3.63) is 56.4 Å². The molecule has 1 fully saturated rings. The zero-order chi connectivity index (χ0) is 23.7. The van der Waals surface area contributed by atoms with Crippen molar-refractivity contribution in [2.75, 3.05) is 33.9 Å². The van der Waals surface area contributed by atoms with E-state index in [9.17, 15) is 9.59 Å². The second-order valence-corrected chi connectivity index (χ2v) is 9.20. The molecule has 33 heavy (non-hydrogen) atoms. The van der Waals surface area contributed by atoms with Crippen LogP contribution in [0.2, 0.25) is 0 Å². The standard InChI is InChI=1S/C24H25FIN3O4/c1-13-4-5-16-17(11-15-12-29(6-7-33-15)24(31)32-3)22(28-20(16)8-13)21-18(25)9-14(10-19(21)26)23(30)27-2/h4-5,8-10,15,28H,6-7,11-12H2,1-3H3,(H,27,30)/t15-/m0/s1. The largest absolute Gasteiger partial charge is 0.453 e. The van der Waals surface area contributed by atoms with Gasteiger partial charge in [0.05, 0.1) is 32.1 Å². The molecule has 174 valence electrons. The highest BCUT2D eigenvalue weighted by Crippen LogP contribution is 2.37. The molecule has 0 unspecified atom stereocenters. The number of aryl methyl sites for hydroxylation is 1. The van der Waals surface area contributed by atoms with Crippen molar-refractivity contribution in [2.24, 2.45) is 0 Å². The number of aromatic nitrogens is 1. The molecule has 9 heteroatoms. The van der Waals surface area contributed by atoms with Crippen molar-refractivity contribution in [1.29, 1.82) is 0 Å². The molecule has 0 bridgehead atoms. The Morgan fingerprint density at radius 1 is 1.33 bits per heavy atom. The molecular weight excluding hydrogens is 540 g/mol. The number of ether oxygens (including phenoxy) is 2. The minimum Gasteiger partial charge on any atom is -0.453 e. The van der Waals surface area contributed by atoms with Gasteiger partial charge in [0.15, 0.2) is 0 Å². The monoisotopic (exact) mass is 565 g/mol. The van der Waals surface area contributed by atoms with Gasteiger partial charge >= 0.3 is 6.09 Å². The molecule has 0 aliphatic carbocycles. The number of aromatic amines is 1. The molecule has 2 heterocycles. The third kappa shape index (κ3) is 4.70. The molecule has 0 saturated carbocycles. The number of hydrogen-bond acceptors (Lipinski definition) is 4. The first kappa shape index (κ1) is 23.5. The summed E-state index contributed by atoms with van der Waals surface area (Å²) in [5, 5.41) is 3.50. The lowest BCUT2D eigenvalue weighted by atomic mass is 9.97. The summed E-state index contributed by atoms with van der Waals surface area (Å²) in [4.78, 5) is 29.1. The third-order valence-electron chi connectivity index (χ3n) is 5.85. The first-order valence-electron chi connectivity index (χ1n) is 10.6. The number of methoxy groups -OCH3 is 1. The van der Waals surface area contributed by atoms with Crippen LogP contribution in [0.3, 0.4) is 0 Å². The second kappa shape index (κ2) is 9.68. The fourth-order valence-electron chi connectivity index (χ4n) is 4.25. The van der Waals surface area contributed by atoms with Crippen molar-refractivity contribution >= 4 is 45.5 Å². The first-order chi connectivity index (χ1) is 15.8. The maximum Gasteiger partial charge on any atom is 0.409 e. The van der Waals surface area contributed by atoms with Gasteiger partial charge in [-0.25, -0.2) is 9.18 Å². The zero-order valence-corrected chi connectivity index (χ0v) is 20.8. The molecule has 0 radical (unpaired) electrons. The minimum absolute atomic E-state index is 0.261. The van der Waals surface area contributed by atoms with E-state index in [4.69, 9.17) is 9.47 Å². The average Bonchev–Trinajstić information content (AvgIpc) is 3.14. The number of nitrogens with one attached hydrogen (secondary N) is 2. The molecule has 2 aromatic carbocycles. The van der Waals surface area contributed by atoms with E-state index in [1.807, 2.05) is 25.1 Å². The zero-order valence-electron chi connectivity index (χ0n) is 18.6. The van der Waals surface area contributed by atoms with Crippen molar-refractivity contribution < 1.29 is 23.5 Å².